The van der Waals surface area contributed by atoms with Crippen LogP contribution in [0.2, 0.25) is 0 Å². The number of aryl methyl sites for hydroxylation is 1. The van der Waals surface area contributed by atoms with Crippen molar-refractivity contribution in [2.45, 2.75) is 37.6 Å². The summed E-state index contributed by atoms with van der Waals surface area (Å²) in [6.07, 6.45) is -0.125. The topological polar surface area (TPSA) is 113 Å². The lowest BCUT2D eigenvalue weighted by Crippen LogP contribution is -2.22. The predicted octanol–water partition coefficient (Wildman–Crippen LogP) is 1.08. The molecule has 1 heterocycles. The van der Waals surface area contributed by atoms with E-state index in [4.69, 9.17) is 24.2 Å². The van der Waals surface area contributed by atoms with Gasteiger partial charge in [-0.3, -0.25) is 4.55 Å². The van der Waals surface area contributed by atoms with Crippen LogP contribution in [0.3, 0.4) is 0 Å². The molecule has 7 nitrogen and oxygen atoms in total. The van der Waals surface area contributed by atoms with Gasteiger partial charge in [-0.2, -0.15) is 8.42 Å². The van der Waals surface area contributed by atoms with Crippen LogP contribution in [0.5, 0.6) is 5.75 Å². The van der Waals surface area contributed by atoms with Crippen LogP contribution in [-0.2, 0) is 19.6 Å². The smallest absolute Gasteiger partial charge is 0.294 e. The Bertz CT molecular complexity index is 580. The molecular weight excluding hydrogens is 300 g/mol. The zero-order chi connectivity index (χ0) is 16.3. The fraction of sp³-hybridized carbons (Fsp3) is 0.538. The van der Waals surface area contributed by atoms with Crippen LogP contribution in [0.4, 0.5) is 0 Å². The second-order valence-electron chi connectivity index (χ2n) is 5.06. The number of phenols is 1. The lowest BCUT2D eigenvalue weighted by molar-refractivity contribution is -0.142. The number of aliphatic hydroxyl groups is 1. The lowest BCUT2D eigenvalue weighted by atomic mass is 10.2. The number of ether oxygens (including phenoxy) is 2. The van der Waals surface area contributed by atoms with Crippen LogP contribution in [0.15, 0.2) is 23.1 Å². The molecule has 0 aliphatic carbocycles. The number of hydrogen-bond donors (Lipinski definition) is 3. The number of phenolic OH excluding ortho intramolecular Hbond substituents is 1. The van der Waals surface area contributed by atoms with Gasteiger partial charge in [0.1, 0.15) is 11.9 Å². The number of benzene rings is 1. The molecule has 0 radical (unpaired) electrons. The molecule has 0 amide bonds. The van der Waals surface area contributed by atoms with E-state index in [9.17, 15) is 8.42 Å². The molecule has 1 atom stereocenters. The van der Waals surface area contributed by atoms with Crippen molar-refractivity contribution in [1.29, 1.82) is 0 Å². The SMILES string of the molecule is CC1(C)OC[C@H](CO)O1.Cc1ccc(S(=O)(=O)O)cc1O. The minimum atomic E-state index is -4.20. The number of rotatable bonds is 2. The molecule has 3 N–H and O–H groups in total. The van der Waals surface area contributed by atoms with Crippen molar-refractivity contribution in [2.24, 2.45) is 0 Å². The van der Waals surface area contributed by atoms with Gasteiger partial charge in [-0.15, -0.1) is 0 Å². The van der Waals surface area contributed by atoms with Crippen molar-refractivity contribution in [3.63, 3.8) is 0 Å². The van der Waals surface area contributed by atoms with Crippen molar-refractivity contribution in [2.75, 3.05) is 13.2 Å². The van der Waals surface area contributed by atoms with E-state index in [1.165, 1.54) is 12.1 Å². The summed E-state index contributed by atoms with van der Waals surface area (Å²) < 4.78 is 40.0. The summed E-state index contributed by atoms with van der Waals surface area (Å²) in [5, 5.41) is 17.7. The Hall–Kier alpha value is -1.19. The zero-order valence-corrected chi connectivity index (χ0v) is 12.9. The minimum absolute atomic E-state index is 0.0451. The van der Waals surface area contributed by atoms with Gasteiger partial charge in [0, 0.05) is 6.07 Å². The van der Waals surface area contributed by atoms with Crippen molar-refractivity contribution < 1.29 is 32.7 Å². The maximum absolute atomic E-state index is 10.5. The van der Waals surface area contributed by atoms with Gasteiger partial charge in [-0.05, 0) is 32.4 Å². The molecule has 0 saturated carbocycles. The first-order valence-electron chi connectivity index (χ1n) is 6.25. The highest BCUT2D eigenvalue weighted by Crippen LogP contribution is 2.21. The third kappa shape index (κ3) is 5.60. The van der Waals surface area contributed by atoms with Crippen molar-refractivity contribution in [3.8, 4) is 5.75 Å². The molecule has 0 unspecified atom stereocenters. The fourth-order valence-electron chi connectivity index (χ4n) is 1.60. The molecule has 0 spiro atoms. The van der Waals surface area contributed by atoms with Crippen LogP contribution in [0.1, 0.15) is 19.4 Å². The molecule has 1 fully saturated rings. The molecular formula is C13H20O7S. The number of hydrogen-bond acceptors (Lipinski definition) is 6. The minimum Gasteiger partial charge on any atom is -0.508 e. The monoisotopic (exact) mass is 320 g/mol. The first-order valence-corrected chi connectivity index (χ1v) is 7.69. The molecule has 0 aromatic heterocycles. The van der Waals surface area contributed by atoms with Gasteiger partial charge in [0.05, 0.1) is 18.1 Å². The van der Waals surface area contributed by atoms with Gasteiger partial charge in [0.15, 0.2) is 5.79 Å². The molecule has 1 aromatic rings. The van der Waals surface area contributed by atoms with Crippen molar-refractivity contribution in [3.05, 3.63) is 23.8 Å². The van der Waals surface area contributed by atoms with E-state index in [2.05, 4.69) is 0 Å². The van der Waals surface area contributed by atoms with Gasteiger partial charge in [-0.25, -0.2) is 0 Å². The summed E-state index contributed by atoms with van der Waals surface area (Å²) in [6.45, 7) is 5.85. The van der Waals surface area contributed by atoms with Crippen LogP contribution >= 0.6 is 0 Å². The van der Waals surface area contributed by atoms with E-state index in [0.717, 1.165) is 6.07 Å². The summed E-state index contributed by atoms with van der Waals surface area (Å²) >= 11 is 0. The summed E-state index contributed by atoms with van der Waals surface area (Å²) in [4.78, 5) is -0.300. The summed E-state index contributed by atoms with van der Waals surface area (Å²) in [5.74, 6) is -0.641. The van der Waals surface area contributed by atoms with Crippen molar-refractivity contribution >= 4 is 10.1 Å². The van der Waals surface area contributed by atoms with E-state index >= 15 is 0 Å². The average Bonchev–Trinajstić information content (AvgIpc) is 2.72. The third-order valence-corrected chi connectivity index (χ3v) is 3.60. The largest absolute Gasteiger partial charge is 0.508 e. The highest BCUT2D eigenvalue weighted by Gasteiger charge is 2.31. The molecule has 8 heteroatoms. The lowest BCUT2D eigenvalue weighted by Gasteiger charge is -2.15. The Balaban J connectivity index is 0.000000219. The quantitative estimate of drug-likeness (QED) is 0.699. The number of aliphatic hydroxyl groups excluding tert-OH is 1. The normalized spacial score (nSPS) is 20.7. The molecule has 1 aromatic carbocycles. The Labute approximate surface area is 123 Å². The predicted molar refractivity (Wildman–Crippen MR) is 74.6 cm³/mol. The first-order chi connectivity index (χ1) is 9.55. The maximum Gasteiger partial charge on any atom is 0.294 e. The summed E-state index contributed by atoms with van der Waals surface area (Å²) in [6, 6.07) is 3.65. The van der Waals surface area contributed by atoms with Gasteiger partial charge >= 0.3 is 0 Å². The van der Waals surface area contributed by atoms with Gasteiger partial charge in [0.2, 0.25) is 0 Å². The van der Waals surface area contributed by atoms with E-state index in [1.54, 1.807) is 6.92 Å². The van der Waals surface area contributed by atoms with E-state index in [1.807, 2.05) is 13.8 Å². The Morgan fingerprint density at radius 1 is 1.38 bits per heavy atom. The second kappa shape index (κ2) is 6.71. The molecule has 0 bridgehead atoms. The zero-order valence-electron chi connectivity index (χ0n) is 12.1. The standard InChI is InChI=1S/C7H8O4S.C6H12O3/c1-5-2-3-6(4-7(5)8)12(9,10)11;1-6(2)8-4-5(3-7)9-6/h2-4,8H,1H3,(H,9,10,11);5,7H,3-4H2,1-2H3/t;5-/m.0/s1. The Morgan fingerprint density at radius 3 is 2.33 bits per heavy atom. The van der Waals surface area contributed by atoms with Crippen LogP contribution in [0, 0.1) is 6.92 Å². The highest BCUT2D eigenvalue weighted by atomic mass is 32.2. The van der Waals surface area contributed by atoms with Gasteiger partial charge < -0.3 is 19.7 Å². The molecule has 120 valence electrons. The van der Waals surface area contributed by atoms with Crippen LogP contribution < -0.4 is 0 Å². The number of aromatic hydroxyl groups is 1. The molecule has 2 rings (SSSR count). The average molecular weight is 320 g/mol. The van der Waals surface area contributed by atoms with E-state index < -0.39 is 15.9 Å². The van der Waals surface area contributed by atoms with Gasteiger partial charge in [0.25, 0.3) is 10.1 Å². The fourth-order valence-corrected chi connectivity index (χ4v) is 2.10. The Kier molecular flexibility index (Phi) is 5.71. The maximum atomic E-state index is 10.5. The van der Waals surface area contributed by atoms with Crippen LogP contribution in [-0.4, -0.2) is 48.3 Å². The first kappa shape index (κ1) is 17.9. The molecule has 1 saturated heterocycles. The molecule has 21 heavy (non-hydrogen) atoms. The summed E-state index contributed by atoms with van der Waals surface area (Å²) in [7, 11) is -4.20. The molecule has 1 aliphatic heterocycles. The second-order valence-corrected chi connectivity index (χ2v) is 6.48. The van der Waals surface area contributed by atoms with Gasteiger partial charge in [-0.1, -0.05) is 6.07 Å². The summed E-state index contributed by atoms with van der Waals surface area (Å²) in [5.41, 5.74) is 0.558. The van der Waals surface area contributed by atoms with E-state index in [-0.39, 0.29) is 23.4 Å². The Morgan fingerprint density at radius 2 is 2.00 bits per heavy atom. The van der Waals surface area contributed by atoms with Crippen molar-refractivity contribution in [1.82, 2.24) is 0 Å². The van der Waals surface area contributed by atoms with Crippen LogP contribution in [0.25, 0.3) is 0 Å². The third-order valence-electron chi connectivity index (χ3n) is 2.75. The van der Waals surface area contributed by atoms with E-state index in [0.29, 0.717) is 12.2 Å². The molecule has 1 aliphatic rings. The highest BCUT2D eigenvalue weighted by molar-refractivity contribution is 7.85.